The van der Waals surface area contributed by atoms with E-state index in [1.54, 1.807) is 48.7 Å². The summed E-state index contributed by atoms with van der Waals surface area (Å²) in [5.74, 6) is -0.147. The van der Waals surface area contributed by atoms with Crippen molar-refractivity contribution in [2.24, 2.45) is 0 Å². The number of furan rings is 1. The van der Waals surface area contributed by atoms with Crippen molar-refractivity contribution in [2.45, 2.75) is 6.42 Å². The normalized spacial score (nSPS) is 11.3. The number of carbonyl (C=O) groups is 1. The summed E-state index contributed by atoms with van der Waals surface area (Å²) in [4.78, 5) is 17.6. The van der Waals surface area contributed by atoms with Crippen LogP contribution >= 0.6 is 34.5 Å². The van der Waals surface area contributed by atoms with Gasteiger partial charge >= 0.3 is 0 Å². The minimum absolute atomic E-state index is 0.150. The monoisotopic (exact) mass is 497 g/mol. The SMILES string of the molecule is N#C/C(=C\c1ccc(-c2cc(Cl)ccc2Cl)o1)C(=O)Nc1ncc(Cc2ccc(F)cc2)s1. The first kappa shape index (κ1) is 22.7. The molecule has 5 nitrogen and oxygen atoms in total. The molecular weight excluding hydrogens is 484 g/mol. The molecule has 164 valence electrons. The highest BCUT2D eigenvalue weighted by Crippen LogP contribution is 2.32. The van der Waals surface area contributed by atoms with Crippen LogP contribution in [0.5, 0.6) is 0 Å². The van der Waals surface area contributed by atoms with Crippen LogP contribution in [-0.4, -0.2) is 10.9 Å². The molecule has 0 radical (unpaired) electrons. The standard InChI is InChI=1S/C24H14Cl2FN3O2S/c25-16-3-7-21(26)20(11-16)22-8-6-18(32-22)10-15(12-28)23(31)30-24-29-13-19(33-24)9-14-1-4-17(27)5-2-14/h1-8,10-11,13H,9H2,(H,29,30,31)/b15-10+. The van der Waals surface area contributed by atoms with E-state index in [4.69, 9.17) is 27.6 Å². The fourth-order valence-corrected chi connectivity index (χ4v) is 4.19. The molecule has 0 aliphatic carbocycles. The van der Waals surface area contributed by atoms with Gasteiger partial charge in [0.25, 0.3) is 5.91 Å². The Kier molecular flexibility index (Phi) is 6.90. The predicted octanol–water partition coefficient (Wildman–Crippen LogP) is 6.99. The van der Waals surface area contributed by atoms with Crippen molar-refractivity contribution in [3.05, 3.63) is 98.4 Å². The molecule has 0 unspecified atom stereocenters. The molecule has 2 aromatic heterocycles. The topological polar surface area (TPSA) is 78.9 Å². The van der Waals surface area contributed by atoms with Gasteiger partial charge in [-0.25, -0.2) is 9.37 Å². The maximum Gasteiger partial charge on any atom is 0.268 e. The molecule has 33 heavy (non-hydrogen) atoms. The Bertz CT molecular complexity index is 1390. The number of hydrogen-bond donors (Lipinski definition) is 1. The van der Waals surface area contributed by atoms with Crippen LogP contribution in [0, 0.1) is 17.1 Å². The fraction of sp³-hybridized carbons (Fsp3) is 0.0417. The Balaban J connectivity index is 1.46. The summed E-state index contributed by atoms with van der Waals surface area (Å²) in [7, 11) is 0. The quantitative estimate of drug-likeness (QED) is 0.230. The molecule has 4 aromatic rings. The van der Waals surface area contributed by atoms with Crippen LogP contribution in [0.25, 0.3) is 17.4 Å². The number of aromatic nitrogens is 1. The summed E-state index contributed by atoms with van der Waals surface area (Å²) in [6, 6.07) is 16.3. The number of hydrogen-bond acceptors (Lipinski definition) is 5. The van der Waals surface area contributed by atoms with Crippen molar-refractivity contribution >= 4 is 51.7 Å². The number of nitrogens with zero attached hydrogens (tertiary/aromatic N) is 2. The van der Waals surface area contributed by atoms with Crippen molar-refractivity contribution in [2.75, 3.05) is 5.32 Å². The first-order valence-electron chi connectivity index (χ1n) is 9.59. The second kappa shape index (κ2) is 10.0. The first-order chi connectivity index (χ1) is 15.9. The lowest BCUT2D eigenvalue weighted by Gasteiger charge is -2.01. The average Bonchev–Trinajstić information content (AvgIpc) is 3.44. The smallest absolute Gasteiger partial charge is 0.268 e. The molecule has 1 N–H and O–H groups in total. The molecule has 0 fully saturated rings. The van der Waals surface area contributed by atoms with Crippen molar-refractivity contribution in [1.82, 2.24) is 4.98 Å². The van der Waals surface area contributed by atoms with E-state index in [9.17, 15) is 14.4 Å². The zero-order valence-electron chi connectivity index (χ0n) is 16.8. The maximum absolute atomic E-state index is 13.1. The molecule has 0 atom stereocenters. The highest BCUT2D eigenvalue weighted by molar-refractivity contribution is 7.15. The highest BCUT2D eigenvalue weighted by Gasteiger charge is 2.14. The Hall–Kier alpha value is -3.44. The minimum Gasteiger partial charge on any atom is -0.457 e. The van der Waals surface area contributed by atoms with Crippen LogP contribution < -0.4 is 5.32 Å². The van der Waals surface area contributed by atoms with E-state index < -0.39 is 5.91 Å². The van der Waals surface area contributed by atoms with Crippen molar-refractivity contribution < 1.29 is 13.6 Å². The lowest BCUT2D eigenvalue weighted by molar-refractivity contribution is -0.112. The van der Waals surface area contributed by atoms with Gasteiger partial charge in [0.2, 0.25) is 0 Å². The summed E-state index contributed by atoms with van der Waals surface area (Å²) < 4.78 is 18.8. The van der Waals surface area contributed by atoms with Crippen LogP contribution in [0.4, 0.5) is 9.52 Å². The summed E-state index contributed by atoms with van der Waals surface area (Å²) in [5.41, 5.74) is 1.37. The van der Waals surface area contributed by atoms with Crippen molar-refractivity contribution in [3.8, 4) is 17.4 Å². The lowest BCUT2D eigenvalue weighted by Crippen LogP contribution is -2.13. The molecule has 9 heteroatoms. The van der Waals surface area contributed by atoms with Crippen LogP contribution in [0.3, 0.4) is 0 Å². The van der Waals surface area contributed by atoms with E-state index in [1.807, 2.05) is 6.07 Å². The van der Waals surface area contributed by atoms with Gasteiger partial charge in [-0.05, 0) is 48.0 Å². The van der Waals surface area contributed by atoms with E-state index >= 15 is 0 Å². The number of benzene rings is 2. The Labute approximate surface area is 202 Å². The largest absolute Gasteiger partial charge is 0.457 e. The third-order valence-corrected chi connectivity index (χ3v) is 6.02. The van der Waals surface area contributed by atoms with Gasteiger partial charge in [0.1, 0.15) is 29.0 Å². The minimum atomic E-state index is -0.612. The fourth-order valence-electron chi connectivity index (χ4n) is 2.97. The Morgan fingerprint density at radius 3 is 2.73 bits per heavy atom. The molecule has 2 aromatic carbocycles. The van der Waals surface area contributed by atoms with Gasteiger partial charge in [-0.3, -0.25) is 10.1 Å². The van der Waals surface area contributed by atoms with E-state index in [0.29, 0.717) is 38.7 Å². The second-order valence-electron chi connectivity index (χ2n) is 6.89. The Morgan fingerprint density at radius 1 is 1.18 bits per heavy atom. The van der Waals surface area contributed by atoms with Gasteiger partial charge in [-0.1, -0.05) is 35.3 Å². The summed E-state index contributed by atoms with van der Waals surface area (Å²) in [6.07, 6.45) is 3.52. The van der Waals surface area contributed by atoms with Gasteiger partial charge in [-0.2, -0.15) is 5.26 Å². The third kappa shape index (κ3) is 5.68. The van der Waals surface area contributed by atoms with Gasteiger partial charge in [0.15, 0.2) is 5.13 Å². The van der Waals surface area contributed by atoms with E-state index in [-0.39, 0.29) is 11.4 Å². The molecule has 0 saturated heterocycles. The predicted molar refractivity (Wildman–Crippen MR) is 128 cm³/mol. The van der Waals surface area contributed by atoms with Crippen LogP contribution in [0.1, 0.15) is 16.2 Å². The van der Waals surface area contributed by atoms with Gasteiger partial charge in [-0.15, -0.1) is 11.3 Å². The summed E-state index contributed by atoms with van der Waals surface area (Å²) in [5, 5.41) is 13.4. The number of carbonyl (C=O) groups excluding carboxylic acids is 1. The molecular formula is C24H14Cl2FN3O2S. The molecule has 0 saturated carbocycles. The van der Waals surface area contributed by atoms with Crippen LogP contribution in [0.15, 0.2) is 70.8 Å². The average molecular weight is 498 g/mol. The number of anilines is 1. The number of nitriles is 1. The second-order valence-corrected chi connectivity index (χ2v) is 8.84. The lowest BCUT2D eigenvalue weighted by atomic mass is 10.1. The van der Waals surface area contributed by atoms with Crippen molar-refractivity contribution in [3.63, 3.8) is 0 Å². The molecule has 2 heterocycles. The van der Waals surface area contributed by atoms with Gasteiger partial charge in [0, 0.05) is 34.2 Å². The van der Waals surface area contributed by atoms with E-state index in [1.165, 1.54) is 29.5 Å². The molecule has 0 aliphatic rings. The molecule has 1 amide bonds. The third-order valence-electron chi connectivity index (χ3n) is 4.54. The highest BCUT2D eigenvalue weighted by atomic mass is 35.5. The molecule has 0 aliphatic heterocycles. The van der Waals surface area contributed by atoms with Crippen molar-refractivity contribution in [1.29, 1.82) is 5.26 Å². The summed E-state index contributed by atoms with van der Waals surface area (Å²) >= 11 is 13.5. The zero-order chi connectivity index (χ0) is 23.4. The van der Waals surface area contributed by atoms with Gasteiger partial charge in [0.05, 0.1) is 5.02 Å². The number of amides is 1. The molecule has 4 rings (SSSR count). The number of thiazole rings is 1. The van der Waals surface area contributed by atoms with Crippen LogP contribution in [-0.2, 0) is 11.2 Å². The van der Waals surface area contributed by atoms with E-state index in [0.717, 1.165) is 10.4 Å². The number of halogens is 3. The van der Waals surface area contributed by atoms with E-state index in [2.05, 4.69) is 10.3 Å². The number of rotatable bonds is 6. The molecule has 0 bridgehead atoms. The zero-order valence-corrected chi connectivity index (χ0v) is 19.1. The van der Waals surface area contributed by atoms with Crippen LogP contribution in [0.2, 0.25) is 10.0 Å². The Morgan fingerprint density at radius 2 is 1.97 bits per heavy atom. The molecule has 0 spiro atoms. The maximum atomic E-state index is 13.1. The summed E-state index contributed by atoms with van der Waals surface area (Å²) in [6.45, 7) is 0. The van der Waals surface area contributed by atoms with Gasteiger partial charge < -0.3 is 4.42 Å². The first-order valence-corrected chi connectivity index (χ1v) is 11.2. The number of nitrogens with one attached hydrogen (secondary N) is 1.